The highest BCUT2D eigenvalue weighted by Gasteiger charge is 2.14. The maximum absolute atomic E-state index is 4.57. The van der Waals surface area contributed by atoms with Crippen LogP contribution in [0.5, 0.6) is 0 Å². The summed E-state index contributed by atoms with van der Waals surface area (Å²) in [5.74, 6) is 0. The fourth-order valence-electron chi connectivity index (χ4n) is 3.25. The highest BCUT2D eigenvalue weighted by molar-refractivity contribution is 5.90. The Morgan fingerprint density at radius 3 is 1.35 bits per heavy atom. The largest absolute Gasteiger partial charge is 0.256 e. The second-order valence-electron chi connectivity index (χ2n) is 6.53. The first-order chi connectivity index (χ1) is 12.7. The Kier molecular flexibility index (Phi) is 4.32. The number of hydrogen-bond acceptors (Lipinski definition) is 2. The van der Waals surface area contributed by atoms with Crippen LogP contribution in [-0.4, -0.2) is 9.97 Å². The molecule has 0 aliphatic heterocycles. The average Bonchev–Trinajstić information content (AvgIpc) is 2.69. The monoisotopic (exact) mass is 336 g/mol. The Bertz CT molecular complexity index is 951. The molecule has 2 aromatic carbocycles. The molecule has 0 radical (unpaired) electrons. The van der Waals surface area contributed by atoms with Gasteiger partial charge in [-0.1, -0.05) is 59.7 Å². The zero-order valence-electron chi connectivity index (χ0n) is 15.0. The SMILES string of the molecule is Cc1ccc(-c2ccccn2)c(-c2cc(C)ccc2-c2ccccn2)c1. The lowest BCUT2D eigenvalue weighted by atomic mass is 9.90. The third-order valence-corrected chi connectivity index (χ3v) is 4.52. The maximum Gasteiger partial charge on any atom is 0.0708 e. The molecule has 2 heterocycles. The molecule has 0 amide bonds. The van der Waals surface area contributed by atoms with E-state index >= 15 is 0 Å². The van der Waals surface area contributed by atoms with Crippen LogP contribution in [0.2, 0.25) is 0 Å². The van der Waals surface area contributed by atoms with E-state index in [-0.39, 0.29) is 0 Å². The Balaban J connectivity index is 2.00. The van der Waals surface area contributed by atoms with Gasteiger partial charge in [0.2, 0.25) is 0 Å². The van der Waals surface area contributed by atoms with Crippen LogP contribution in [0, 0.1) is 13.8 Å². The van der Waals surface area contributed by atoms with Crippen molar-refractivity contribution in [2.24, 2.45) is 0 Å². The van der Waals surface area contributed by atoms with Crippen LogP contribution in [0.25, 0.3) is 33.6 Å². The van der Waals surface area contributed by atoms with E-state index in [4.69, 9.17) is 0 Å². The molecule has 26 heavy (non-hydrogen) atoms. The molecule has 4 aromatic rings. The minimum atomic E-state index is 0.982. The van der Waals surface area contributed by atoms with Gasteiger partial charge in [-0.3, -0.25) is 9.97 Å². The van der Waals surface area contributed by atoms with Crippen molar-refractivity contribution in [3.8, 4) is 33.6 Å². The fraction of sp³-hybridized carbons (Fsp3) is 0.0833. The van der Waals surface area contributed by atoms with Gasteiger partial charge in [0.15, 0.2) is 0 Å². The Morgan fingerprint density at radius 1 is 0.500 bits per heavy atom. The molecular weight excluding hydrogens is 316 g/mol. The van der Waals surface area contributed by atoms with Gasteiger partial charge in [0.1, 0.15) is 0 Å². The summed E-state index contributed by atoms with van der Waals surface area (Å²) in [7, 11) is 0. The Labute approximate surface area is 154 Å². The van der Waals surface area contributed by atoms with Crippen LogP contribution in [0.15, 0.2) is 85.2 Å². The minimum absolute atomic E-state index is 0.982. The standard InChI is InChI=1S/C24H20N2/c1-17-9-11-19(23-7-3-5-13-25-23)21(15-17)22-16-18(2)10-12-20(22)24-8-4-6-14-26-24/h3-16H,1-2H3. The van der Waals surface area contributed by atoms with Crippen molar-refractivity contribution >= 4 is 0 Å². The van der Waals surface area contributed by atoms with Crippen LogP contribution in [0.1, 0.15) is 11.1 Å². The molecule has 0 N–H and O–H groups in total. The van der Waals surface area contributed by atoms with E-state index in [0.717, 1.165) is 22.5 Å². The molecule has 2 aromatic heterocycles. The lowest BCUT2D eigenvalue weighted by Crippen LogP contribution is -1.93. The third-order valence-electron chi connectivity index (χ3n) is 4.52. The van der Waals surface area contributed by atoms with Crippen LogP contribution >= 0.6 is 0 Å². The summed E-state index contributed by atoms with van der Waals surface area (Å²) in [4.78, 5) is 9.15. The molecule has 126 valence electrons. The summed E-state index contributed by atoms with van der Waals surface area (Å²) in [6, 6.07) is 25.2. The van der Waals surface area contributed by atoms with Crippen molar-refractivity contribution in [3.63, 3.8) is 0 Å². The fourth-order valence-corrected chi connectivity index (χ4v) is 3.25. The second kappa shape index (κ2) is 6.93. The van der Waals surface area contributed by atoms with Gasteiger partial charge in [-0.15, -0.1) is 0 Å². The Hall–Kier alpha value is -3.26. The first kappa shape index (κ1) is 16.2. The number of aromatic nitrogens is 2. The third kappa shape index (κ3) is 3.14. The van der Waals surface area contributed by atoms with Crippen LogP contribution in [0.4, 0.5) is 0 Å². The number of hydrogen-bond donors (Lipinski definition) is 0. The van der Waals surface area contributed by atoms with Crippen molar-refractivity contribution in [2.75, 3.05) is 0 Å². The summed E-state index contributed by atoms with van der Waals surface area (Å²) in [6.07, 6.45) is 3.68. The van der Waals surface area contributed by atoms with Gasteiger partial charge in [0.05, 0.1) is 11.4 Å². The summed E-state index contributed by atoms with van der Waals surface area (Å²) in [5, 5.41) is 0. The number of pyridine rings is 2. The predicted octanol–water partition coefficient (Wildman–Crippen LogP) is 6.09. The quantitative estimate of drug-likeness (QED) is 0.452. The van der Waals surface area contributed by atoms with Crippen molar-refractivity contribution in [1.29, 1.82) is 0 Å². The zero-order chi connectivity index (χ0) is 17.9. The minimum Gasteiger partial charge on any atom is -0.256 e. The first-order valence-corrected chi connectivity index (χ1v) is 8.77. The van der Waals surface area contributed by atoms with Gasteiger partial charge in [0.25, 0.3) is 0 Å². The van der Waals surface area contributed by atoms with E-state index in [9.17, 15) is 0 Å². The van der Waals surface area contributed by atoms with Crippen LogP contribution in [0.3, 0.4) is 0 Å². The van der Waals surface area contributed by atoms with E-state index in [1.54, 1.807) is 0 Å². The molecule has 0 spiro atoms. The lowest BCUT2D eigenvalue weighted by molar-refractivity contribution is 1.31. The van der Waals surface area contributed by atoms with Crippen LogP contribution in [-0.2, 0) is 0 Å². The summed E-state index contributed by atoms with van der Waals surface area (Å²) < 4.78 is 0. The highest BCUT2D eigenvalue weighted by Crippen LogP contribution is 2.38. The molecule has 0 saturated carbocycles. The van der Waals surface area contributed by atoms with Gasteiger partial charge in [0, 0.05) is 23.5 Å². The van der Waals surface area contributed by atoms with Crippen LogP contribution < -0.4 is 0 Å². The normalized spacial score (nSPS) is 10.7. The predicted molar refractivity (Wildman–Crippen MR) is 108 cm³/mol. The van der Waals surface area contributed by atoms with Crippen molar-refractivity contribution in [1.82, 2.24) is 9.97 Å². The topological polar surface area (TPSA) is 25.8 Å². The van der Waals surface area contributed by atoms with Crippen molar-refractivity contribution in [3.05, 3.63) is 96.3 Å². The van der Waals surface area contributed by atoms with Gasteiger partial charge in [-0.25, -0.2) is 0 Å². The van der Waals surface area contributed by atoms with Gasteiger partial charge in [-0.05, 0) is 49.2 Å². The van der Waals surface area contributed by atoms with Gasteiger partial charge >= 0.3 is 0 Å². The van der Waals surface area contributed by atoms with Gasteiger partial charge in [-0.2, -0.15) is 0 Å². The van der Waals surface area contributed by atoms with E-state index < -0.39 is 0 Å². The molecule has 0 fully saturated rings. The molecule has 2 nitrogen and oxygen atoms in total. The van der Waals surface area contributed by atoms with Crippen molar-refractivity contribution < 1.29 is 0 Å². The molecule has 0 unspecified atom stereocenters. The zero-order valence-corrected chi connectivity index (χ0v) is 15.0. The number of aryl methyl sites for hydroxylation is 2. The number of rotatable bonds is 3. The maximum atomic E-state index is 4.57. The molecule has 2 heteroatoms. The van der Waals surface area contributed by atoms with E-state index in [0.29, 0.717) is 0 Å². The summed E-state index contributed by atoms with van der Waals surface area (Å²) in [5.41, 5.74) is 9.08. The summed E-state index contributed by atoms with van der Waals surface area (Å²) >= 11 is 0. The smallest absolute Gasteiger partial charge is 0.0708 e. The molecule has 4 rings (SSSR count). The van der Waals surface area contributed by atoms with E-state index in [1.165, 1.54) is 22.3 Å². The van der Waals surface area contributed by atoms with E-state index in [1.807, 2.05) is 36.7 Å². The molecular formula is C24H20N2. The molecule has 0 bridgehead atoms. The first-order valence-electron chi connectivity index (χ1n) is 8.77. The Morgan fingerprint density at radius 2 is 0.962 bits per heavy atom. The highest BCUT2D eigenvalue weighted by atomic mass is 14.7. The second-order valence-corrected chi connectivity index (χ2v) is 6.53. The molecule has 0 aliphatic rings. The van der Waals surface area contributed by atoms with E-state index in [2.05, 4.69) is 72.3 Å². The molecule has 0 aliphatic carbocycles. The molecule has 0 saturated heterocycles. The number of benzene rings is 2. The van der Waals surface area contributed by atoms with Gasteiger partial charge < -0.3 is 0 Å². The lowest BCUT2D eigenvalue weighted by Gasteiger charge is -2.15. The summed E-state index contributed by atoms with van der Waals surface area (Å²) in [6.45, 7) is 4.25. The average molecular weight is 336 g/mol. The van der Waals surface area contributed by atoms with Crippen molar-refractivity contribution in [2.45, 2.75) is 13.8 Å². The molecule has 0 atom stereocenters. The number of nitrogens with zero attached hydrogens (tertiary/aromatic N) is 2.